The van der Waals surface area contributed by atoms with Crippen molar-refractivity contribution in [2.45, 2.75) is 58.8 Å². The summed E-state index contributed by atoms with van der Waals surface area (Å²) in [5, 5.41) is 9.41. The van der Waals surface area contributed by atoms with E-state index in [9.17, 15) is 9.90 Å². The highest BCUT2D eigenvalue weighted by molar-refractivity contribution is 5.76. The fourth-order valence-corrected chi connectivity index (χ4v) is 3.52. The number of hydrogen-bond acceptors (Lipinski definition) is 1. The summed E-state index contributed by atoms with van der Waals surface area (Å²) >= 11 is 0. The van der Waals surface area contributed by atoms with Gasteiger partial charge in [0.15, 0.2) is 0 Å². The van der Waals surface area contributed by atoms with E-state index >= 15 is 0 Å². The van der Waals surface area contributed by atoms with Gasteiger partial charge in [0.1, 0.15) is 0 Å². The van der Waals surface area contributed by atoms with Crippen molar-refractivity contribution in [3.8, 4) is 0 Å². The van der Waals surface area contributed by atoms with Crippen LogP contribution < -0.4 is 0 Å². The van der Waals surface area contributed by atoms with Gasteiger partial charge < -0.3 is 5.11 Å². The molecule has 86 valence electrons. The van der Waals surface area contributed by atoms with E-state index in [1.165, 1.54) is 12.8 Å². The molecule has 0 aromatic carbocycles. The Labute approximate surface area is 92.1 Å². The highest BCUT2D eigenvalue weighted by Crippen LogP contribution is 2.55. The van der Waals surface area contributed by atoms with Gasteiger partial charge in [0.05, 0.1) is 5.41 Å². The zero-order valence-corrected chi connectivity index (χ0v) is 9.88. The largest absolute Gasteiger partial charge is 0.481 e. The lowest BCUT2D eigenvalue weighted by molar-refractivity contribution is -0.162. The summed E-state index contributed by atoms with van der Waals surface area (Å²) in [5.74, 6) is -0.0936. The highest BCUT2D eigenvalue weighted by Gasteiger charge is 2.52. The van der Waals surface area contributed by atoms with Crippen LogP contribution in [0.15, 0.2) is 0 Å². The molecule has 2 rings (SSSR count). The lowest BCUT2D eigenvalue weighted by Gasteiger charge is -2.49. The van der Waals surface area contributed by atoms with Gasteiger partial charge in [-0.2, -0.15) is 0 Å². The standard InChI is InChI=1S/C13H22O2/c1-12(2)6-3-5-10(9-12)13(11(14)15)7-4-8-13/h10H,3-9H2,1-2H3,(H,14,15). The third kappa shape index (κ3) is 1.79. The van der Waals surface area contributed by atoms with Gasteiger partial charge >= 0.3 is 5.97 Å². The Bertz CT molecular complexity index is 264. The fourth-order valence-electron chi connectivity index (χ4n) is 3.52. The van der Waals surface area contributed by atoms with Crippen molar-refractivity contribution < 1.29 is 9.90 Å². The molecular formula is C13H22O2. The molecule has 2 saturated carbocycles. The molecule has 0 heterocycles. The van der Waals surface area contributed by atoms with E-state index in [0.717, 1.165) is 32.1 Å². The first-order chi connectivity index (χ1) is 6.96. The van der Waals surface area contributed by atoms with Crippen LogP contribution in [-0.4, -0.2) is 11.1 Å². The van der Waals surface area contributed by atoms with E-state index in [1.54, 1.807) is 0 Å². The monoisotopic (exact) mass is 210 g/mol. The molecule has 0 amide bonds. The number of rotatable bonds is 2. The van der Waals surface area contributed by atoms with Gasteiger partial charge in [0.2, 0.25) is 0 Å². The second-order valence-electron chi connectivity index (χ2n) is 6.27. The minimum absolute atomic E-state index is 0.336. The Balaban J connectivity index is 2.12. The molecular weight excluding hydrogens is 188 g/mol. The van der Waals surface area contributed by atoms with E-state index < -0.39 is 5.97 Å². The summed E-state index contributed by atoms with van der Waals surface area (Å²) < 4.78 is 0. The summed E-state index contributed by atoms with van der Waals surface area (Å²) in [6.07, 6.45) is 7.68. The van der Waals surface area contributed by atoms with Crippen LogP contribution in [0.1, 0.15) is 58.8 Å². The zero-order chi connectivity index (χ0) is 11.1. The molecule has 0 saturated heterocycles. The van der Waals surface area contributed by atoms with Crippen molar-refractivity contribution in [3.05, 3.63) is 0 Å². The Kier molecular flexibility index (Phi) is 2.56. The van der Waals surface area contributed by atoms with Crippen molar-refractivity contribution in [1.29, 1.82) is 0 Å². The van der Waals surface area contributed by atoms with Crippen LogP contribution in [-0.2, 0) is 4.79 Å². The first-order valence-electron chi connectivity index (χ1n) is 6.20. The van der Waals surface area contributed by atoms with Gasteiger partial charge in [-0.15, -0.1) is 0 Å². The van der Waals surface area contributed by atoms with Gasteiger partial charge in [0.25, 0.3) is 0 Å². The lowest BCUT2D eigenvalue weighted by Crippen LogP contribution is -2.47. The molecule has 0 aromatic heterocycles. The van der Waals surface area contributed by atoms with E-state index in [4.69, 9.17) is 0 Å². The van der Waals surface area contributed by atoms with E-state index in [2.05, 4.69) is 13.8 Å². The number of carboxylic acids is 1. The lowest BCUT2D eigenvalue weighted by atomic mass is 9.54. The normalized spacial score (nSPS) is 33.1. The molecule has 1 N–H and O–H groups in total. The first kappa shape index (κ1) is 11.0. The summed E-state index contributed by atoms with van der Waals surface area (Å²) in [6.45, 7) is 4.57. The van der Waals surface area contributed by atoms with Crippen molar-refractivity contribution >= 4 is 5.97 Å². The van der Waals surface area contributed by atoms with Crippen LogP contribution in [0.5, 0.6) is 0 Å². The molecule has 2 fully saturated rings. The van der Waals surface area contributed by atoms with Gasteiger partial charge in [-0.25, -0.2) is 0 Å². The van der Waals surface area contributed by atoms with Crippen LogP contribution in [0.4, 0.5) is 0 Å². The highest BCUT2D eigenvalue weighted by atomic mass is 16.4. The first-order valence-corrected chi connectivity index (χ1v) is 6.20. The van der Waals surface area contributed by atoms with Gasteiger partial charge in [-0.05, 0) is 43.4 Å². The molecule has 2 heteroatoms. The summed E-state index contributed by atoms with van der Waals surface area (Å²) in [7, 11) is 0. The molecule has 1 unspecified atom stereocenters. The predicted molar refractivity (Wildman–Crippen MR) is 59.7 cm³/mol. The molecule has 0 spiro atoms. The molecule has 0 bridgehead atoms. The number of carbonyl (C=O) groups is 1. The summed E-state index contributed by atoms with van der Waals surface area (Å²) in [5.41, 5.74) is 0.0264. The molecule has 2 aliphatic rings. The van der Waals surface area contributed by atoms with E-state index in [0.29, 0.717) is 11.3 Å². The Morgan fingerprint density at radius 2 is 1.87 bits per heavy atom. The van der Waals surface area contributed by atoms with Crippen LogP contribution in [0.3, 0.4) is 0 Å². The Morgan fingerprint density at radius 3 is 2.27 bits per heavy atom. The molecule has 1 atom stereocenters. The summed E-state index contributed by atoms with van der Waals surface area (Å²) in [4.78, 5) is 11.4. The maximum Gasteiger partial charge on any atom is 0.309 e. The maximum atomic E-state index is 11.4. The maximum absolute atomic E-state index is 11.4. The van der Waals surface area contributed by atoms with Crippen molar-refractivity contribution in [2.24, 2.45) is 16.7 Å². The minimum atomic E-state index is -0.531. The number of hydrogen-bond donors (Lipinski definition) is 1. The molecule has 2 nitrogen and oxygen atoms in total. The molecule has 0 radical (unpaired) electrons. The number of aliphatic carboxylic acids is 1. The average molecular weight is 210 g/mol. The average Bonchev–Trinajstić information content (AvgIpc) is 1.98. The topological polar surface area (TPSA) is 37.3 Å². The second-order valence-corrected chi connectivity index (χ2v) is 6.27. The van der Waals surface area contributed by atoms with Crippen LogP contribution in [0.2, 0.25) is 0 Å². The molecule has 2 aliphatic carbocycles. The number of carboxylic acid groups (broad SMARTS) is 1. The van der Waals surface area contributed by atoms with E-state index in [-0.39, 0.29) is 5.41 Å². The Morgan fingerprint density at radius 1 is 1.20 bits per heavy atom. The Hall–Kier alpha value is -0.530. The quantitative estimate of drug-likeness (QED) is 0.758. The summed E-state index contributed by atoms with van der Waals surface area (Å²) in [6, 6.07) is 0. The third-order valence-corrected chi connectivity index (χ3v) is 4.66. The molecule has 0 aromatic rings. The van der Waals surface area contributed by atoms with Gasteiger partial charge in [-0.3, -0.25) is 4.79 Å². The second kappa shape index (κ2) is 3.50. The van der Waals surface area contributed by atoms with Gasteiger partial charge in [0, 0.05) is 0 Å². The fraction of sp³-hybridized carbons (Fsp3) is 0.923. The smallest absolute Gasteiger partial charge is 0.309 e. The van der Waals surface area contributed by atoms with Gasteiger partial charge in [-0.1, -0.05) is 26.7 Å². The minimum Gasteiger partial charge on any atom is -0.481 e. The van der Waals surface area contributed by atoms with Crippen LogP contribution in [0, 0.1) is 16.7 Å². The van der Waals surface area contributed by atoms with E-state index in [1.807, 2.05) is 0 Å². The predicted octanol–water partition coefficient (Wildman–Crippen LogP) is 3.46. The zero-order valence-electron chi connectivity index (χ0n) is 9.88. The van der Waals surface area contributed by atoms with Crippen molar-refractivity contribution in [1.82, 2.24) is 0 Å². The molecule has 0 aliphatic heterocycles. The SMILES string of the molecule is CC1(C)CCCC(C2(C(=O)O)CCC2)C1. The van der Waals surface area contributed by atoms with Crippen molar-refractivity contribution in [2.75, 3.05) is 0 Å². The third-order valence-electron chi connectivity index (χ3n) is 4.66. The van der Waals surface area contributed by atoms with Crippen molar-refractivity contribution in [3.63, 3.8) is 0 Å². The van der Waals surface area contributed by atoms with Crippen LogP contribution >= 0.6 is 0 Å². The van der Waals surface area contributed by atoms with Crippen LogP contribution in [0.25, 0.3) is 0 Å². The molecule has 15 heavy (non-hydrogen) atoms.